The van der Waals surface area contributed by atoms with Gasteiger partial charge in [0.25, 0.3) is 0 Å². The van der Waals surface area contributed by atoms with Crippen LogP contribution in [-0.2, 0) is 23.8 Å². The SMILES string of the molecule is CC(=O)O[C@H]1C[C@@H](C)[C@]2(C[C@@H](c3ccoc3)OC2=O)[C@H]2CCC[C@@]3([Se]c4ccccc4)COC[C@@]123. The molecule has 0 unspecified atom stereocenters. The second-order valence-corrected chi connectivity index (χ2v) is 13.9. The fourth-order valence-corrected chi connectivity index (χ4v) is 11.4. The average molecular weight is 544 g/mol. The predicted octanol–water partition coefficient (Wildman–Crippen LogP) is 4.23. The third kappa shape index (κ3) is 3.31. The molecule has 0 radical (unpaired) electrons. The van der Waals surface area contributed by atoms with E-state index in [9.17, 15) is 9.59 Å². The van der Waals surface area contributed by atoms with E-state index in [1.807, 2.05) is 12.1 Å². The molecule has 4 fully saturated rings. The number of benzene rings is 1. The summed E-state index contributed by atoms with van der Waals surface area (Å²) in [5.74, 6) is -0.284. The summed E-state index contributed by atoms with van der Waals surface area (Å²) in [6.45, 7) is 4.84. The molecule has 2 saturated carbocycles. The van der Waals surface area contributed by atoms with E-state index in [0.29, 0.717) is 26.1 Å². The molecule has 6 nitrogen and oxygen atoms in total. The first-order valence-corrected chi connectivity index (χ1v) is 14.3. The minimum atomic E-state index is -0.620. The molecule has 2 aromatic rings. The standard InChI is InChI=1S/C28H32O6Se/c1-18-13-24(33-19(2)29)28-17-32-16-26(28,35-21-7-4-3-5-8-21)11-6-9-23(28)27(18)14-22(34-25(27)30)20-10-12-31-15-20/h3-5,7-8,10,12,15,18,22-24H,6,9,11,13-14,16-17H2,1-2H3/t18-,22+,23-,24+,26-,27-,28+/m1/s1. The Bertz CT molecular complexity index is 1100. The summed E-state index contributed by atoms with van der Waals surface area (Å²) in [7, 11) is 0. The van der Waals surface area contributed by atoms with Crippen molar-refractivity contribution in [2.75, 3.05) is 13.2 Å². The van der Waals surface area contributed by atoms with Gasteiger partial charge in [-0.05, 0) is 0 Å². The van der Waals surface area contributed by atoms with E-state index >= 15 is 0 Å². The summed E-state index contributed by atoms with van der Waals surface area (Å²) in [5.41, 5.74) is -0.106. The number of carbonyl (C=O) groups excluding carboxylic acids is 2. The maximum absolute atomic E-state index is 13.9. The molecule has 2 aliphatic carbocycles. The van der Waals surface area contributed by atoms with Gasteiger partial charge >= 0.3 is 212 Å². The molecule has 7 atom stereocenters. The summed E-state index contributed by atoms with van der Waals surface area (Å²) in [5, 5.41) is 0. The molecule has 2 spiro atoms. The second kappa shape index (κ2) is 8.50. The first-order chi connectivity index (χ1) is 16.9. The third-order valence-corrected chi connectivity index (χ3v) is 12.7. The normalized spacial score (nSPS) is 40.2. The van der Waals surface area contributed by atoms with Crippen molar-refractivity contribution in [2.45, 2.75) is 62.5 Å². The van der Waals surface area contributed by atoms with Crippen LogP contribution in [0.4, 0.5) is 0 Å². The number of esters is 2. The topological polar surface area (TPSA) is 75.0 Å². The van der Waals surface area contributed by atoms with Gasteiger partial charge in [0.2, 0.25) is 0 Å². The van der Waals surface area contributed by atoms with Gasteiger partial charge in [-0.15, -0.1) is 0 Å². The zero-order chi connectivity index (χ0) is 24.3. The van der Waals surface area contributed by atoms with Crippen LogP contribution in [0, 0.1) is 22.7 Å². The molecule has 3 heterocycles. The molecule has 0 amide bonds. The Hall–Kier alpha value is -2.08. The molecule has 2 saturated heterocycles. The van der Waals surface area contributed by atoms with Gasteiger partial charge in [0, 0.05) is 0 Å². The first-order valence-electron chi connectivity index (χ1n) is 12.6. The van der Waals surface area contributed by atoms with E-state index in [-0.39, 0.29) is 55.3 Å². The predicted molar refractivity (Wildman–Crippen MR) is 129 cm³/mol. The number of hydrogen-bond donors (Lipinski definition) is 0. The van der Waals surface area contributed by atoms with E-state index in [1.54, 1.807) is 12.5 Å². The van der Waals surface area contributed by atoms with Crippen LogP contribution < -0.4 is 4.46 Å². The Kier molecular flexibility index (Phi) is 5.66. The summed E-state index contributed by atoms with van der Waals surface area (Å²) in [6.07, 6.45) is 7.03. The van der Waals surface area contributed by atoms with Crippen molar-refractivity contribution in [1.82, 2.24) is 0 Å². The fourth-order valence-electron chi connectivity index (χ4n) is 7.88. The van der Waals surface area contributed by atoms with Crippen LogP contribution >= 0.6 is 0 Å². The van der Waals surface area contributed by atoms with Crippen LogP contribution in [-0.4, -0.2) is 46.2 Å². The van der Waals surface area contributed by atoms with Gasteiger partial charge in [-0.2, -0.15) is 0 Å². The zero-order valence-corrected chi connectivity index (χ0v) is 21.9. The molecular formula is C28H32O6Se. The average Bonchev–Trinajstić information content (AvgIpc) is 3.56. The van der Waals surface area contributed by atoms with Crippen molar-refractivity contribution in [1.29, 1.82) is 0 Å². The van der Waals surface area contributed by atoms with Gasteiger partial charge < -0.3 is 0 Å². The minimum absolute atomic E-state index is 0.0347. The van der Waals surface area contributed by atoms with Crippen LogP contribution in [0.15, 0.2) is 53.3 Å². The first kappa shape index (κ1) is 23.3. The number of fused-ring (bicyclic) bond motifs is 1. The number of furan rings is 1. The van der Waals surface area contributed by atoms with Crippen LogP contribution in [0.1, 0.15) is 57.6 Å². The maximum atomic E-state index is 13.9. The van der Waals surface area contributed by atoms with E-state index in [0.717, 1.165) is 24.8 Å². The van der Waals surface area contributed by atoms with Gasteiger partial charge in [-0.25, -0.2) is 0 Å². The Morgan fingerprint density at radius 3 is 2.74 bits per heavy atom. The summed E-state index contributed by atoms with van der Waals surface area (Å²) in [6, 6.07) is 12.5. The molecule has 35 heavy (non-hydrogen) atoms. The zero-order valence-electron chi connectivity index (χ0n) is 20.2. The van der Waals surface area contributed by atoms with Gasteiger partial charge in [0.05, 0.1) is 0 Å². The molecule has 1 aromatic carbocycles. The molecule has 2 aliphatic heterocycles. The number of hydrogen-bond acceptors (Lipinski definition) is 6. The van der Waals surface area contributed by atoms with Crippen molar-refractivity contribution < 1.29 is 28.2 Å². The Labute approximate surface area is 212 Å². The molecule has 0 bridgehead atoms. The van der Waals surface area contributed by atoms with Gasteiger partial charge in [0.15, 0.2) is 0 Å². The molecule has 186 valence electrons. The Morgan fingerprint density at radius 2 is 2.00 bits per heavy atom. The van der Waals surface area contributed by atoms with Gasteiger partial charge in [0.1, 0.15) is 0 Å². The summed E-state index contributed by atoms with van der Waals surface area (Å²) < 4.78 is 25.1. The van der Waals surface area contributed by atoms with Crippen molar-refractivity contribution in [3.05, 3.63) is 54.5 Å². The van der Waals surface area contributed by atoms with E-state index in [1.165, 1.54) is 11.4 Å². The van der Waals surface area contributed by atoms with Crippen LogP contribution in [0.3, 0.4) is 0 Å². The molecular weight excluding hydrogens is 511 g/mol. The number of ether oxygens (including phenoxy) is 3. The number of cyclic esters (lactones) is 1. The Morgan fingerprint density at radius 1 is 1.17 bits per heavy atom. The van der Waals surface area contributed by atoms with Gasteiger partial charge in [-0.1, -0.05) is 0 Å². The summed E-state index contributed by atoms with van der Waals surface area (Å²) in [4.78, 5) is 26.3. The molecule has 6 rings (SSSR count). The molecule has 1 aromatic heterocycles. The quantitative estimate of drug-likeness (QED) is 0.425. The van der Waals surface area contributed by atoms with E-state index < -0.39 is 10.8 Å². The van der Waals surface area contributed by atoms with Crippen molar-refractivity contribution in [3.63, 3.8) is 0 Å². The van der Waals surface area contributed by atoms with Crippen LogP contribution in [0.2, 0.25) is 4.31 Å². The van der Waals surface area contributed by atoms with Crippen molar-refractivity contribution in [2.24, 2.45) is 22.7 Å². The summed E-state index contributed by atoms with van der Waals surface area (Å²) >= 11 is 0.107. The van der Waals surface area contributed by atoms with Gasteiger partial charge in [-0.3, -0.25) is 0 Å². The number of carbonyl (C=O) groups is 2. The Balaban J connectivity index is 1.48. The van der Waals surface area contributed by atoms with E-state index in [2.05, 4.69) is 31.2 Å². The monoisotopic (exact) mass is 544 g/mol. The fraction of sp³-hybridized carbons (Fsp3) is 0.571. The molecule has 4 aliphatic rings. The third-order valence-electron chi connectivity index (χ3n) is 9.30. The van der Waals surface area contributed by atoms with Crippen LogP contribution in [0.25, 0.3) is 0 Å². The molecule has 7 heteroatoms. The second-order valence-electron chi connectivity index (χ2n) is 10.8. The molecule has 0 N–H and O–H groups in total. The van der Waals surface area contributed by atoms with Crippen LogP contribution in [0.5, 0.6) is 0 Å². The van der Waals surface area contributed by atoms with Crippen molar-refractivity contribution in [3.8, 4) is 0 Å². The van der Waals surface area contributed by atoms with E-state index in [4.69, 9.17) is 18.6 Å². The van der Waals surface area contributed by atoms with Crippen molar-refractivity contribution >= 4 is 31.4 Å². The number of rotatable bonds is 4.